The Morgan fingerprint density at radius 3 is 2.15 bits per heavy atom. The van der Waals surface area contributed by atoms with Crippen molar-refractivity contribution in [3.05, 3.63) is 0 Å². The van der Waals surface area contributed by atoms with E-state index in [1.165, 1.54) is 19.3 Å². The Labute approximate surface area is 164 Å². The highest BCUT2D eigenvalue weighted by Crippen LogP contribution is 2.60. The summed E-state index contributed by atoms with van der Waals surface area (Å²) in [6.07, 6.45) is 11.3. The lowest BCUT2D eigenvalue weighted by molar-refractivity contribution is -0.160. The molecule has 1 N–H and O–H groups in total. The molecule has 4 bridgehead atoms. The summed E-state index contributed by atoms with van der Waals surface area (Å²) < 4.78 is 0. The molecule has 27 heavy (non-hydrogen) atoms. The van der Waals surface area contributed by atoms with Gasteiger partial charge in [-0.3, -0.25) is 9.59 Å². The summed E-state index contributed by atoms with van der Waals surface area (Å²) in [7, 11) is 0. The van der Waals surface area contributed by atoms with Gasteiger partial charge < -0.3 is 10.2 Å². The number of nitrogens with zero attached hydrogens (tertiary/aromatic N) is 1. The maximum atomic E-state index is 13.7. The second-order valence-electron chi connectivity index (χ2n) is 10.7. The van der Waals surface area contributed by atoms with Gasteiger partial charge in [-0.05, 0) is 94.8 Å². The van der Waals surface area contributed by atoms with Crippen LogP contribution in [0.15, 0.2) is 0 Å². The largest absolute Gasteiger partial charge is 0.352 e. The first kappa shape index (κ1) is 19.3. The van der Waals surface area contributed by atoms with Crippen LogP contribution in [-0.2, 0) is 9.59 Å². The van der Waals surface area contributed by atoms with Gasteiger partial charge in [0.2, 0.25) is 11.8 Å². The third-order valence-electron chi connectivity index (χ3n) is 7.87. The molecule has 1 heterocycles. The van der Waals surface area contributed by atoms with E-state index in [-0.39, 0.29) is 23.4 Å². The number of likely N-dealkylation sites (tertiary alicyclic amines) is 1. The lowest BCUT2D eigenvalue weighted by Crippen LogP contribution is -2.57. The van der Waals surface area contributed by atoms with Gasteiger partial charge in [0.05, 0.1) is 5.41 Å². The molecule has 0 aromatic rings. The Morgan fingerprint density at radius 2 is 1.59 bits per heavy atom. The number of carbonyl (C=O) groups excluding carboxylic acids is 2. The third kappa shape index (κ3) is 3.78. The van der Waals surface area contributed by atoms with Crippen LogP contribution in [0.3, 0.4) is 0 Å². The molecular weight excluding hydrogens is 336 g/mol. The van der Waals surface area contributed by atoms with Crippen LogP contribution in [0.5, 0.6) is 0 Å². The SMILES string of the molecule is CC(C)CCC(C)NC(=O)C1CCCN1C(=O)C12CC3CC(CC(C3)C1)C2. The first-order chi connectivity index (χ1) is 12.9. The molecule has 4 nitrogen and oxygen atoms in total. The molecule has 2 unspecified atom stereocenters. The summed E-state index contributed by atoms with van der Waals surface area (Å²) in [6.45, 7) is 7.31. The van der Waals surface area contributed by atoms with Crippen LogP contribution in [0.25, 0.3) is 0 Å². The number of hydrogen-bond acceptors (Lipinski definition) is 2. The van der Waals surface area contributed by atoms with Crippen molar-refractivity contribution in [2.45, 2.75) is 97.1 Å². The van der Waals surface area contributed by atoms with Gasteiger partial charge in [-0.2, -0.15) is 0 Å². The molecule has 0 aromatic carbocycles. The summed E-state index contributed by atoms with van der Waals surface area (Å²) >= 11 is 0. The number of rotatable bonds is 6. The van der Waals surface area contributed by atoms with Gasteiger partial charge in [-0.15, -0.1) is 0 Å². The standard InChI is InChI=1S/C23H38N2O2/c1-15(2)6-7-16(3)24-21(26)20-5-4-8-25(20)22(27)23-12-17-9-18(13-23)11-19(10-17)14-23/h15-20H,4-14H2,1-3H3,(H,24,26). The van der Waals surface area contributed by atoms with Crippen molar-refractivity contribution in [1.29, 1.82) is 0 Å². The molecule has 2 amide bonds. The van der Waals surface area contributed by atoms with Gasteiger partial charge in [-0.25, -0.2) is 0 Å². The first-order valence-electron chi connectivity index (χ1n) is 11.5. The van der Waals surface area contributed by atoms with Crippen LogP contribution >= 0.6 is 0 Å². The van der Waals surface area contributed by atoms with E-state index in [1.807, 2.05) is 4.90 Å². The number of hydrogen-bond donors (Lipinski definition) is 1. The minimum Gasteiger partial charge on any atom is -0.352 e. The highest BCUT2D eigenvalue weighted by atomic mass is 16.2. The second kappa shape index (κ2) is 7.40. The van der Waals surface area contributed by atoms with E-state index in [0.29, 0.717) is 11.8 Å². The van der Waals surface area contributed by atoms with E-state index in [9.17, 15) is 9.59 Å². The molecule has 4 heteroatoms. The molecule has 0 aromatic heterocycles. The van der Waals surface area contributed by atoms with Crippen molar-refractivity contribution >= 4 is 11.8 Å². The van der Waals surface area contributed by atoms with Crippen LogP contribution in [0.1, 0.15) is 85.0 Å². The zero-order chi connectivity index (χ0) is 19.2. The van der Waals surface area contributed by atoms with Crippen LogP contribution in [0.2, 0.25) is 0 Å². The highest BCUT2D eigenvalue weighted by Gasteiger charge is 2.56. The Hall–Kier alpha value is -1.06. The number of carbonyl (C=O) groups is 2. The Balaban J connectivity index is 1.41. The fourth-order valence-electron chi connectivity index (χ4n) is 6.95. The maximum absolute atomic E-state index is 13.7. The quantitative estimate of drug-likeness (QED) is 0.760. The predicted molar refractivity (Wildman–Crippen MR) is 107 cm³/mol. The van der Waals surface area contributed by atoms with Gasteiger partial charge in [-0.1, -0.05) is 13.8 Å². The van der Waals surface area contributed by atoms with Crippen molar-refractivity contribution in [1.82, 2.24) is 10.2 Å². The zero-order valence-electron chi connectivity index (χ0n) is 17.5. The molecule has 5 rings (SSSR count). The summed E-state index contributed by atoms with van der Waals surface area (Å²) in [4.78, 5) is 28.6. The summed E-state index contributed by atoms with van der Waals surface area (Å²) in [5.41, 5.74) is -0.124. The minimum absolute atomic E-state index is 0.0850. The van der Waals surface area contributed by atoms with Gasteiger partial charge in [0, 0.05) is 12.6 Å². The van der Waals surface area contributed by atoms with Crippen molar-refractivity contribution in [2.75, 3.05) is 6.54 Å². The Kier molecular flexibility index (Phi) is 5.28. The first-order valence-corrected chi connectivity index (χ1v) is 11.5. The summed E-state index contributed by atoms with van der Waals surface area (Å²) in [5.74, 6) is 3.38. The lowest BCUT2D eigenvalue weighted by Gasteiger charge is -2.56. The van der Waals surface area contributed by atoms with Crippen LogP contribution in [-0.4, -0.2) is 35.3 Å². The average molecular weight is 375 g/mol. The van der Waals surface area contributed by atoms with E-state index in [0.717, 1.165) is 69.2 Å². The molecule has 1 aliphatic heterocycles. The Bertz CT molecular complexity index is 550. The topological polar surface area (TPSA) is 49.4 Å². The van der Waals surface area contributed by atoms with Gasteiger partial charge in [0.25, 0.3) is 0 Å². The zero-order valence-corrected chi connectivity index (χ0v) is 17.5. The lowest BCUT2D eigenvalue weighted by atomic mass is 9.49. The molecule has 2 atom stereocenters. The highest BCUT2D eigenvalue weighted by molar-refractivity contribution is 5.91. The van der Waals surface area contributed by atoms with Crippen molar-refractivity contribution in [3.63, 3.8) is 0 Å². The number of amides is 2. The fraction of sp³-hybridized carbons (Fsp3) is 0.913. The van der Waals surface area contributed by atoms with Gasteiger partial charge >= 0.3 is 0 Å². The Morgan fingerprint density at radius 1 is 1.00 bits per heavy atom. The molecule has 1 saturated heterocycles. The van der Waals surface area contributed by atoms with Crippen LogP contribution in [0.4, 0.5) is 0 Å². The molecular formula is C23H38N2O2. The van der Waals surface area contributed by atoms with Crippen LogP contribution in [0, 0.1) is 29.1 Å². The second-order valence-corrected chi connectivity index (χ2v) is 10.7. The monoisotopic (exact) mass is 374 g/mol. The predicted octanol–water partition coefficient (Wildman–Crippen LogP) is 4.13. The average Bonchev–Trinajstić information content (AvgIpc) is 3.07. The van der Waals surface area contributed by atoms with E-state index < -0.39 is 0 Å². The summed E-state index contributed by atoms with van der Waals surface area (Å²) in [6, 6.07) is -0.0380. The minimum atomic E-state index is -0.230. The molecule has 4 aliphatic carbocycles. The molecule has 4 saturated carbocycles. The van der Waals surface area contributed by atoms with Gasteiger partial charge in [0.1, 0.15) is 6.04 Å². The van der Waals surface area contributed by atoms with E-state index >= 15 is 0 Å². The van der Waals surface area contributed by atoms with E-state index in [1.54, 1.807) is 0 Å². The molecule has 0 spiro atoms. The maximum Gasteiger partial charge on any atom is 0.243 e. The van der Waals surface area contributed by atoms with Crippen molar-refractivity contribution in [2.24, 2.45) is 29.1 Å². The fourth-order valence-corrected chi connectivity index (χ4v) is 6.95. The number of nitrogens with one attached hydrogen (secondary N) is 1. The van der Waals surface area contributed by atoms with Gasteiger partial charge in [0.15, 0.2) is 0 Å². The molecule has 0 radical (unpaired) electrons. The van der Waals surface area contributed by atoms with Crippen molar-refractivity contribution < 1.29 is 9.59 Å². The summed E-state index contributed by atoms with van der Waals surface area (Å²) in [5, 5.41) is 3.20. The molecule has 152 valence electrons. The van der Waals surface area contributed by atoms with E-state index in [4.69, 9.17) is 0 Å². The smallest absolute Gasteiger partial charge is 0.243 e. The van der Waals surface area contributed by atoms with Crippen molar-refractivity contribution in [3.8, 4) is 0 Å². The third-order valence-corrected chi connectivity index (χ3v) is 7.87. The molecule has 5 aliphatic rings. The normalized spacial score (nSPS) is 38.4. The van der Waals surface area contributed by atoms with E-state index in [2.05, 4.69) is 26.1 Å². The van der Waals surface area contributed by atoms with Crippen LogP contribution < -0.4 is 5.32 Å². The molecule has 5 fully saturated rings.